The molecule has 0 saturated carbocycles. The van der Waals surface area contributed by atoms with Gasteiger partial charge < -0.3 is 10.4 Å². The first-order valence-corrected chi connectivity index (χ1v) is 3.17. The Morgan fingerprint density at radius 2 is 2.20 bits per heavy atom. The van der Waals surface area contributed by atoms with Crippen molar-refractivity contribution in [2.24, 2.45) is 0 Å². The molecule has 0 rings (SSSR count). The van der Waals surface area contributed by atoms with E-state index >= 15 is 0 Å². The van der Waals surface area contributed by atoms with E-state index < -0.39 is 17.9 Å². The Labute approximate surface area is 63.2 Å². The second-order valence-corrected chi connectivity index (χ2v) is 2.05. The number of rotatable bonds is 3. The molecular formula is C5H8ClNO3. The second-order valence-electron chi connectivity index (χ2n) is 1.75. The number of amides is 1. The maximum Gasteiger partial charge on any atom is 0.327 e. The standard InChI is InChI=1S/C5H8ClNO3/c1-3(8)7-4(2-6)5(9)10/h4H,2H2,1H3,(H,7,8)(H,9,10)/t4-/m0/s1. The topological polar surface area (TPSA) is 66.4 Å². The number of aliphatic carboxylic acids is 1. The molecule has 0 radical (unpaired) electrons. The summed E-state index contributed by atoms with van der Waals surface area (Å²) in [6.45, 7) is 1.24. The molecular weight excluding hydrogens is 158 g/mol. The summed E-state index contributed by atoms with van der Waals surface area (Å²) in [5.74, 6) is -1.63. The molecule has 0 aromatic carbocycles. The minimum Gasteiger partial charge on any atom is -0.480 e. The first kappa shape index (κ1) is 9.23. The predicted octanol–water partition coefficient (Wildman–Crippen LogP) is -0.186. The van der Waals surface area contributed by atoms with Gasteiger partial charge in [0.05, 0.1) is 5.88 Å². The molecule has 0 aliphatic rings. The number of carboxylic acids is 1. The molecule has 58 valence electrons. The summed E-state index contributed by atoms with van der Waals surface area (Å²) in [7, 11) is 0. The minimum absolute atomic E-state index is 0.116. The molecule has 0 aliphatic heterocycles. The molecule has 0 fully saturated rings. The summed E-state index contributed by atoms with van der Waals surface area (Å²) in [6, 6.07) is -0.973. The summed E-state index contributed by atoms with van der Waals surface area (Å²) in [4.78, 5) is 20.5. The van der Waals surface area contributed by atoms with Crippen LogP contribution in [0.3, 0.4) is 0 Å². The van der Waals surface area contributed by atoms with Crippen LogP contribution in [0.25, 0.3) is 0 Å². The fourth-order valence-electron chi connectivity index (χ4n) is 0.412. The van der Waals surface area contributed by atoms with Gasteiger partial charge >= 0.3 is 5.97 Å². The highest BCUT2D eigenvalue weighted by Crippen LogP contribution is 1.87. The Hall–Kier alpha value is -0.770. The molecule has 0 heterocycles. The van der Waals surface area contributed by atoms with Gasteiger partial charge in [0.2, 0.25) is 5.91 Å². The van der Waals surface area contributed by atoms with Crippen LogP contribution in [0.1, 0.15) is 6.92 Å². The fourth-order valence-corrected chi connectivity index (χ4v) is 0.621. The first-order valence-electron chi connectivity index (χ1n) is 2.63. The summed E-state index contributed by atoms with van der Waals surface area (Å²) >= 11 is 5.21. The van der Waals surface area contributed by atoms with E-state index in [2.05, 4.69) is 5.32 Å². The van der Waals surface area contributed by atoms with E-state index in [4.69, 9.17) is 16.7 Å². The van der Waals surface area contributed by atoms with Gasteiger partial charge in [-0.1, -0.05) is 0 Å². The number of carbonyl (C=O) groups is 2. The van der Waals surface area contributed by atoms with Crippen LogP contribution in [0.15, 0.2) is 0 Å². The molecule has 1 amide bonds. The fraction of sp³-hybridized carbons (Fsp3) is 0.600. The highest BCUT2D eigenvalue weighted by Gasteiger charge is 2.15. The Morgan fingerprint density at radius 3 is 2.30 bits per heavy atom. The van der Waals surface area contributed by atoms with E-state index in [9.17, 15) is 9.59 Å². The lowest BCUT2D eigenvalue weighted by Gasteiger charge is -2.07. The Balaban J connectivity index is 3.83. The van der Waals surface area contributed by atoms with Crippen molar-refractivity contribution in [3.63, 3.8) is 0 Å². The molecule has 1 atom stereocenters. The number of hydrogen-bond donors (Lipinski definition) is 2. The van der Waals surface area contributed by atoms with E-state index in [1.54, 1.807) is 0 Å². The van der Waals surface area contributed by atoms with Crippen molar-refractivity contribution in [3.05, 3.63) is 0 Å². The Bertz CT molecular complexity index is 148. The lowest BCUT2D eigenvalue weighted by Crippen LogP contribution is -2.40. The van der Waals surface area contributed by atoms with Gasteiger partial charge in [-0.15, -0.1) is 11.6 Å². The van der Waals surface area contributed by atoms with E-state index in [1.165, 1.54) is 6.92 Å². The third-order valence-electron chi connectivity index (χ3n) is 0.830. The largest absolute Gasteiger partial charge is 0.480 e. The number of alkyl halides is 1. The van der Waals surface area contributed by atoms with E-state index in [0.717, 1.165) is 0 Å². The monoisotopic (exact) mass is 165 g/mol. The summed E-state index contributed by atoms with van der Waals surface area (Å²) < 4.78 is 0. The number of hydrogen-bond acceptors (Lipinski definition) is 2. The second kappa shape index (κ2) is 4.11. The smallest absolute Gasteiger partial charge is 0.327 e. The zero-order valence-corrected chi connectivity index (χ0v) is 6.18. The zero-order valence-electron chi connectivity index (χ0n) is 5.43. The van der Waals surface area contributed by atoms with Gasteiger partial charge in [-0.25, -0.2) is 4.79 Å². The maximum absolute atomic E-state index is 10.3. The van der Waals surface area contributed by atoms with Crippen molar-refractivity contribution in [3.8, 4) is 0 Å². The number of halogens is 1. The molecule has 0 aromatic heterocycles. The SMILES string of the molecule is CC(=O)N[C@@H](CCl)C(=O)O. The number of carboxylic acid groups (broad SMARTS) is 1. The van der Waals surface area contributed by atoms with Gasteiger partial charge in [0, 0.05) is 6.92 Å². The minimum atomic E-state index is -1.12. The number of nitrogens with one attached hydrogen (secondary N) is 1. The van der Waals surface area contributed by atoms with Crippen molar-refractivity contribution in [1.82, 2.24) is 5.32 Å². The average molecular weight is 166 g/mol. The van der Waals surface area contributed by atoms with Crippen molar-refractivity contribution < 1.29 is 14.7 Å². The maximum atomic E-state index is 10.3. The summed E-state index contributed by atoms with van der Waals surface area (Å²) in [5.41, 5.74) is 0. The quantitative estimate of drug-likeness (QED) is 0.570. The van der Waals surface area contributed by atoms with Crippen LogP contribution in [0.5, 0.6) is 0 Å². The first-order chi connectivity index (χ1) is 4.57. The zero-order chi connectivity index (χ0) is 8.15. The molecule has 10 heavy (non-hydrogen) atoms. The van der Waals surface area contributed by atoms with Gasteiger partial charge in [0.1, 0.15) is 6.04 Å². The van der Waals surface area contributed by atoms with E-state index in [0.29, 0.717) is 0 Å². The van der Waals surface area contributed by atoms with Crippen molar-refractivity contribution in [1.29, 1.82) is 0 Å². The lowest BCUT2D eigenvalue weighted by molar-refractivity contribution is -0.140. The van der Waals surface area contributed by atoms with E-state index in [-0.39, 0.29) is 5.88 Å². The lowest BCUT2D eigenvalue weighted by atomic mass is 10.3. The molecule has 0 saturated heterocycles. The third kappa shape index (κ3) is 3.29. The van der Waals surface area contributed by atoms with Crippen LogP contribution in [0.2, 0.25) is 0 Å². The van der Waals surface area contributed by atoms with E-state index in [1.807, 2.05) is 0 Å². The molecule has 0 unspecified atom stereocenters. The Kier molecular flexibility index (Phi) is 3.79. The van der Waals surface area contributed by atoms with Gasteiger partial charge in [-0.05, 0) is 0 Å². The molecule has 4 nitrogen and oxygen atoms in total. The van der Waals surface area contributed by atoms with Gasteiger partial charge in [0.25, 0.3) is 0 Å². The normalized spacial score (nSPS) is 12.2. The van der Waals surface area contributed by atoms with Crippen LogP contribution in [-0.4, -0.2) is 28.9 Å². The molecule has 0 aliphatic carbocycles. The van der Waals surface area contributed by atoms with Gasteiger partial charge in [0.15, 0.2) is 0 Å². The van der Waals surface area contributed by atoms with Crippen LogP contribution in [-0.2, 0) is 9.59 Å². The van der Waals surface area contributed by atoms with Crippen molar-refractivity contribution in [2.45, 2.75) is 13.0 Å². The van der Waals surface area contributed by atoms with Crippen molar-refractivity contribution in [2.75, 3.05) is 5.88 Å². The molecule has 0 aromatic rings. The van der Waals surface area contributed by atoms with Crippen LogP contribution in [0, 0.1) is 0 Å². The molecule has 0 bridgehead atoms. The van der Waals surface area contributed by atoms with Crippen molar-refractivity contribution >= 4 is 23.5 Å². The van der Waals surface area contributed by atoms with Crippen LogP contribution < -0.4 is 5.32 Å². The predicted molar refractivity (Wildman–Crippen MR) is 36.0 cm³/mol. The van der Waals surface area contributed by atoms with Crippen LogP contribution in [0.4, 0.5) is 0 Å². The highest BCUT2D eigenvalue weighted by molar-refractivity contribution is 6.19. The highest BCUT2D eigenvalue weighted by atomic mass is 35.5. The summed E-state index contributed by atoms with van der Waals surface area (Å²) in [6.07, 6.45) is 0. The molecule has 5 heteroatoms. The van der Waals surface area contributed by atoms with Gasteiger partial charge in [-0.2, -0.15) is 0 Å². The summed E-state index contributed by atoms with van der Waals surface area (Å²) in [5, 5.41) is 10.5. The molecule has 0 spiro atoms. The third-order valence-corrected chi connectivity index (χ3v) is 1.14. The van der Waals surface area contributed by atoms with Crippen LogP contribution >= 0.6 is 11.6 Å². The molecule has 2 N–H and O–H groups in total. The Morgan fingerprint density at radius 1 is 1.70 bits per heavy atom. The average Bonchev–Trinajstić information content (AvgIpc) is 1.81. The number of carbonyl (C=O) groups excluding carboxylic acids is 1. The van der Waals surface area contributed by atoms with Gasteiger partial charge in [-0.3, -0.25) is 4.79 Å².